The molecule has 2 heterocycles. The zero-order valence-corrected chi connectivity index (χ0v) is 13.6. The van der Waals surface area contributed by atoms with Crippen molar-refractivity contribution < 1.29 is 14.3 Å². The Morgan fingerprint density at radius 3 is 2.74 bits per heavy atom. The molecule has 0 spiro atoms. The maximum absolute atomic E-state index is 12.6. The molecule has 1 aliphatic rings. The molecule has 1 aromatic heterocycles. The van der Waals surface area contributed by atoms with Crippen molar-refractivity contribution in [3.05, 3.63) is 59.0 Å². The Hall–Kier alpha value is -1.78. The van der Waals surface area contributed by atoms with E-state index in [1.807, 2.05) is 18.2 Å². The summed E-state index contributed by atoms with van der Waals surface area (Å²) in [5.74, 6) is -0.130. The van der Waals surface area contributed by atoms with E-state index in [0.717, 1.165) is 19.3 Å². The van der Waals surface area contributed by atoms with Crippen LogP contribution < -0.4 is 0 Å². The highest BCUT2D eigenvalue weighted by Crippen LogP contribution is 2.34. The zero-order chi connectivity index (χ0) is 16.3. The van der Waals surface area contributed by atoms with E-state index in [2.05, 4.69) is 12.1 Å². The van der Waals surface area contributed by atoms with Crippen molar-refractivity contribution in [3.63, 3.8) is 0 Å². The number of hydrogen-bond acceptors (Lipinski definition) is 3. The second kappa shape index (κ2) is 6.77. The number of amides is 1. The fourth-order valence-electron chi connectivity index (χ4n) is 3.36. The Balaban J connectivity index is 1.78. The lowest BCUT2D eigenvalue weighted by Crippen LogP contribution is -2.49. The molecular weight excluding hydrogens is 314 g/mol. The van der Waals surface area contributed by atoms with Crippen LogP contribution in [0.5, 0.6) is 0 Å². The molecule has 1 saturated heterocycles. The van der Waals surface area contributed by atoms with Crippen LogP contribution in [-0.2, 0) is 6.42 Å². The number of aliphatic hydroxyl groups is 1. The summed E-state index contributed by atoms with van der Waals surface area (Å²) in [4.78, 5) is 14.4. The van der Waals surface area contributed by atoms with Crippen LogP contribution in [0.3, 0.4) is 0 Å². The number of halogens is 1. The van der Waals surface area contributed by atoms with Crippen molar-refractivity contribution in [1.29, 1.82) is 0 Å². The topological polar surface area (TPSA) is 53.7 Å². The number of hydrogen-bond donors (Lipinski definition) is 1. The molecule has 1 N–H and O–H groups in total. The van der Waals surface area contributed by atoms with Gasteiger partial charge in [-0.05, 0) is 42.5 Å². The monoisotopic (exact) mass is 333 g/mol. The van der Waals surface area contributed by atoms with E-state index >= 15 is 0 Å². The van der Waals surface area contributed by atoms with Gasteiger partial charge in [-0.15, -0.1) is 0 Å². The molecule has 0 bridgehead atoms. The van der Waals surface area contributed by atoms with Gasteiger partial charge in [0.25, 0.3) is 5.91 Å². The number of rotatable bonds is 4. The average Bonchev–Trinajstić information content (AvgIpc) is 3.01. The summed E-state index contributed by atoms with van der Waals surface area (Å²) in [7, 11) is 0. The van der Waals surface area contributed by atoms with Gasteiger partial charge in [-0.1, -0.05) is 30.3 Å². The highest BCUT2D eigenvalue weighted by Gasteiger charge is 2.37. The van der Waals surface area contributed by atoms with Crippen molar-refractivity contribution in [2.45, 2.75) is 19.3 Å². The van der Waals surface area contributed by atoms with Crippen molar-refractivity contribution in [3.8, 4) is 0 Å². The number of furan rings is 1. The van der Waals surface area contributed by atoms with Crippen LogP contribution in [0.15, 0.2) is 47.1 Å². The second-order valence-corrected chi connectivity index (χ2v) is 6.60. The van der Waals surface area contributed by atoms with Gasteiger partial charge in [-0.3, -0.25) is 4.79 Å². The normalized spacial score (nSPS) is 21.4. The number of carbonyl (C=O) groups is 1. The molecule has 1 atom stereocenters. The third-order valence-electron chi connectivity index (χ3n) is 4.55. The fourth-order valence-corrected chi connectivity index (χ4v) is 3.55. The van der Waals surface area contributed by atoms with Crippen LogP contribution in [0.2, 0.25) is 5.22 Å². The largest absolute Gasteiger partial charge is 0.452 e. The predicted octanol–water partition coefficient (Wildman–Crippen LogP) is 3.39. The molecule has 0 aliphatic carbocycles. The number of benzene rings is 1. The standard InChI is InChI=1S/C18H20ClNO3/c19-16-15(7-10-23-16)17(22)20-9-4-8-18(12-20,13-21)11-14-5-2-1-3-6-14/h1-3,5-7,10,21H,4,8-9,11-13H2. The Kier molecular flexibility index (Phi) is 4.74. The Morgan fingerprint density at radius 1 is 1.30 bits per heavy atom. The molecule has 3 rings (SSSR count). The van der Waals surface area contributed by atoms with Crippen molar-refractivity contribution in [2.75, 3.05) is 19.7 Å². The van der Waals surface area contributed by atoms with Gasteiger partial charge in [0.1, 0.15) is 0 Å². The first-order valence-corrected chi connectivity index (χ1v) is 8.18. The molecule has 122 valence electrons. The van der Waals surface area contributed by atoms with E-state index in [-0.39, 0.29) is 23.1 Å². The van der Waals surface area contributed by atoms with Gasteiger partial charge >= 0.3 is 0 Å². The molecular formula is C18H20ClNO3. The third kappa shape index (κ3) is 3.43. The van der Waals surface area contributed by atoms with E-state index in [9.17, 15) is 9.90 Å². The van der Waals surface area contributed by atoms with E-state index < -0.39 is 0 Å². The summed E-state index contributed by atoms with van der Waals surface area (Å²) < 4.78 is 5.02. The average molecular weight is 334 g/mol. The molecule has 1 fully saturated rings. The van der Waals surface area contributed by atoms with E-state index in [1.165, 1.54) is 11.8 Å². The molecule has 4 nitrogen and oxygen atoms in total. The van der Waals surface area contributed by atoms with Crippen LogP contribution >= 0.6 is 11.6 Å². The van der Waals surface area contributed by atoms with Crippen LogP contribution in [0.1, 0.15) is 28.8 Å². The maximum atomic E-state index is 12.6. The minimum atomic E-state index is -0.300. The number of likely N-dealkylation sites (tertiary alicyclic amines) is 1. The first kappa shape index (κ1) is 16.1. The highest BCUT2D eigenvalue weighted by molar-refractivity contribution is 6.32. The molecule has 5 heteroatoms. The second-order valence-electron chi connectivity index (χ2n) is 6.26. The quantitative estimate of drug-likeness (QED) is 0.933. The Bertz CT molecular complexity index is 670. The Labute approximate surface area is 140 Å². The van der Waals surface area contributed by atoms with Crippen molar-refractivity contribution >= 4 is 17.5 Å². The fraction of sp³-hybridized carbons (Fsp3) is 0.389. The third-order valence-corrected chi connectivity index (χ3v) is 4.85. The molecule has 0 saturated carbocycles. The zero-order valence-electron chi connectivity index (χ0n) is 12.9. The minimum Gasteiger partial charge on any atom is -0.452 e. The lowest BCUT2D eigenvalue weighted by atomic mass is 9.75. The smallest absolute Gasteiger partial charge is 0.258 e. The van der Waals surface area contributed by atoms with Crippen molar-refractivity contribution in [2.24, 2.45) is 5.41 Å². The van der Waals surface area contributed by atoms with Gasteiger partial charge in [0.15, 0.2) is 0 Å². The summed E-state index contributed by atoms with van der Waals surface area (Å²) in [5.41, 5.74) is 1.27. The van der Waals surface area contributed by atoms with Crippen LogP contribution in [-0.4, -0.2) is 35.6 Å². The van der Waals surface area contributed by atoms with Gasteiger partial charge in [0, 0.05) is 18.5 Å². The van der Waals surface area contributed by atoms with Crippen LogP contribution in [0, 0.1) is 5.41 Å². The first-order valence-electron chi connectivity index (χ1n) is 7.81. The number of aliphatic hydroxyl groups excluding tert-OH is 1. The minimum absolute atomic E-state index is 0.0603. The Morgan fingerprint density at radius 2 is 2.09 bits per heavy atom. The predicted molar refractivity (Wildman–Crippen MR) is 88.5 cm³/mol. The number of nitrogens with zero attached hydrogens (tertiary/aromatic N) is 1. The highest BCUT2D eigenvalue weighted by atomic mass is 35.5. The maximum Gasteiger partial charge on any atom is 0.258 e. The van der Waals surface area contributed by atoms with Crippen LogP contribution in [0.25, 0.3) is 0 Å². The summed E-state index contributed by atoms with van der Waals surface area (Å²) in [6, 6.07) is 11.7. The van der Waals surface area contributed by atoms with Gasteiger partial charge in [0.05, 0.1) is 18.4 Å². The summed E-state index contributed by atoms with van der Waals surface area (Å²) in [5, 5.41) is 10.1. The SMILES string of the molecule is O=C(c1ccoc1Cl)N1CCCC(CO)(Cc2ccccc2)C1. The molecule has 2 aromatic rings. The lowest BCUT2D eigenvalue weighted by molar-refractivity contribution is 0.0271. The van der Waals surface area contributed by atoms with Gasteiger partial charge in [-0.2, -0.15) is 0 Å². The summed E-state index contributed by atoms with van der Waals surface area (Å²) in [6.45, 7) is 1.26. The van der Waals surface area contributed by atoms with Gasteiger partial charge < -0.3 is 14.4 Å². The molecule has 23 heavy (non-hydrogen) atoms. The lowest BCUT2D eigenvalue weighted by Gasteiger charge is -2.42. The molecule has 1 amide bonds. The van der Waals surface area contributed by atoms with E-state index in [1.54, 1.807) is 11.0 Å². The summed E-state index contributed by atoms with van der Waals surface area (Å²) in [6.07, 6.45) is 3.95. The molecule has 1 aliphatic heterocycles. The molecule has 1 unspecified atom stereocenters. The van der Waals surface area contributed by atoms with Gasteiger partial charge in [0.2, 0.25) is 5.22 Å². The first-order chi connectivity index (χ1) is 11.1. The van der Waals surface area contributed by atoms with E-state index in [4.69, 9.17) is 16.0 Å². The van der Waals surface area contributed by atoms with E-state index in [0.29, 0.717) is 18.7 Å². The van der Waals surface area contributed by atoms with Crippen LogP contribution in [0.4, 0.5) is 0 Å². The number of carbonyl (C=O) groups excluding carboxylic acids is 1. The number of piperidine rings is 1. The summed E-state index contributed by atoms with van der Waals surface area (Å²) >= 11 is 5.93. The molecule has 0 radical (unpaired) electrons. The van der Waals surface area contributed by atoms with Gasteiger partial charge in [-0.25, -0.2) is 0 Å². The van der Waals surface area contributed by atoms with Crippen molar-refractivity contribution in [1.82, 2.24) is 4.90 Å². The molecule has 1 aromatic carbocycles.